The van der Waals surface area contributed by atoms with Gasteiger partial charge >= 0.3 is 0 Å². The lowest BCUT2D eigenvalue weighted by atomic mass is 10.1. The highest BCUT2D eigenvalue weighted by Gasteiger charge is 2.18. The number of carbonyl (C=O) groups excluding carboxylic acids is 1. The van der Waals surface area contributed by atoms with Gasteiger partial charge in [-0.2, -0.15) is 0 Å². The molecule has 0 spiro atoms. The van der Waals surface area contributed by atoms with Gasteiger partial charge in [0, 0.05) is 22.4 Å². The van der Waals surface area contributed by atoms with E-state index in [2.05, 4.69) is 20.9 Å². The molecule has 5 heteroatoms. The van der Waals surface area contributed by atoms with Crippen LogP contribution in [-0.2, 0) is 6.54 Å². The Hall–Kier alpha value is -1.88. The summed E-state index contributed by atoms with van der Waals surface area (Å²) in [5, 5.41) is 0. The summed E-state index contributed by atoms with van der Waals surface area (Å²) >= 11 is 3.41. The average molecular weight is 348 g/mol. The molecule has 2 N–H and O–H groups in total. The van der Waals surface area contributed by atoms with Gasteiger partial charge in [0.1, 0.15) is 0 Å². The van der Waals surface area contributed by atoms with Crippen LogP contribution in [0, 0.1) is 6.92 Å². The van der Waals surface area contributed by atoms with Crippen molar-refractivity contribution in [3.63, 3.8) is 0 Å². The van der Waals surface area contributed by atoms with E-state index in [9.17, 15) is 4.79 Å². The molecule has 1 aromatic heterocycles. The Bertz CT molecular complexity index is 658. The van der Waals surface area contributed by atoms with Crippen molar-refractivity contribution in [2.24, 2.45) is 0 Å². The molecular formula is C16H18BrN3O. The minimum absolute atomic E-state index is 0.0556. The predicted molar refractivity (Wildman–Crippen MR) is 87.9 cm³/mol. The van der Waals surface area contributed by atoms with Gasteiger partial charge in [0.05, 0.1) is 17.8 Å². The summed E-state index contributed by atoms with van der Waals surface area (Å²) in [5.74, 6) is -0.0556. The van der Waals surface area contributed by atoms with E-state index >= 15 is 0 Å². The fraction of sp³-hybridized carbons (Fsp3) is 0.250. The lowest BCUT2D eigenvalue weighted by Gasteiger charge is -2.21. The summed E-state index contributed by atoms with van der Waals surface area (Å²) in [7, 11) is 0. The number of rotatable bonds is 4. The van der Waals surface area contributed by atoms with Crippen LogP contribution < -0.4 is 5.73 Å². The van der Waals surface area contributed by atoms with E-state index in [4.69, 9.17) is 5.73 Å². The number of aromatic nitrogens is 1. The van der Waals surface area contributed by atoms with Crippen LogP contribution in [0.1, 0.15) is 28.7 Å². The highest BCUT2D eigenvalue weighted by atomic mass is 79.9. The zero-order chi connectivity index (χ0) is 15.4. The van der Waals surface area contributed by atoms with Gasteiger partial charge in [0.25, 0.3) is 5.91 Å². The molecule has 1 heterocycles. The van der Waals surface area contributed by atoms with E-state index in [0.717, 1.165) is 15.9 Å². The van der Waals surface area contributed by atoms with Crippen molar-refractivity contribution < 1.29 is 4.79 Å². The molecule has 0 saturated heterocycles. The summed E-state index contributed by atoms with van der Waals surface area (Å²) in [4.78, 5) is 18.8. The Labute approximate surface area is 133 Å². The largest absolute Gasteiger partial charge is 0.399 e. The van der Waals surface area contributed by atoms with E-state index in [-0.39, 0.29) is 5.91 Å². The number of anilines is 1. The molecule has 2 aromatic rings. The molecule has 110 valence electrons. The van der Waals surface area contributed by atoms with Crippen LogP contribution in [0.25, 0.3) is 0 Å². The second-order valence-electron chi connectivity index (χ2n) is 4.83. The summed E-state index contributed by atoms with van der Waals surface area (Å²) in [6, 6.07) is 11.1. The zero-order valence-electron chi connectivity index (χ0n) is 12.1. The van der Waals surface area contributed by atoms with Crippen LogP contribution in [0.3, 0.4) is 0 Å². The number of hydrogen-bond acceptors (Lipinski definition) is 3. The molecule has 0 radical (unpaired) electrons. The molecular weight excluding hydrogens is 330 g/mol. The third-order valence-corrected chi connectivity index (χ3v) is 3.88. The molecule has 0 aliphatic rings. The summed E-state index contributed by atoms with van der Waals surface area (Å²) in [5.41, 5.74) is 8.75. The smallest absolute Gasteiger partial charge is 0.255 e. The average Bonchev–Trinajstić information content (AvgIpc) is 2.46. The molecule has 1 amide bonds. The number of hydrogen-bond donors (Lipinski definition) is 1. The first kappa shape index (κ1) is 15.5. The second kappa shape index (κ2) is 6.72. The Morgan fingerprint density at radius 2 is 2.10 bits per heavy atom. The molecule has 0 aliphatic heterocycles. The molecule has 0 fully saturated rings. The van der Waals surface area contributed by atoms with Gasteiger partial charge in [-0.05, 0) is 60.1 Å². The number of halogens is 1. The summed E-state index contributed by atoms with van der Waals surface area (Å²) in [6.07, 6.45) is 0. The Morgan fingerprint density at radius 3 is 2.76 bits per heavy atom. The number of aryl methyl sites for hydroxylation is 1. The minimum Gasteiger partial charge on any atom is -0.399 e. The van der Waals surface area contributed by atoms with Gasteiger partial charge in [-0.15, -0.1) is 0 Å². The Kier molecular flexibility index (Phi) is 4.96. The minimum atomic E-state index is -0.0556. The van der Waals surface area contributed by atoms with Crippen LogP contribution in [0.2, 0.25) is 0 Å². The number of nitrogens with zero attached hydrogens (tertiary/aromatic N) is 2. The third-order valence-electron chi connectivity index (χ3n) is 3.19. The first-order chi connectivity index (χ1) is 10.0. The van der Waals surface area contributed by atoms with Gasteiger partial charge in [-0.25, -0.2) is 0 Å². The second-order valence-corrected chi connectivity index (χ2v) is 5.68. The Balaban J connectivity index is 2.24. The molecule has 1 aromatic carbocycles. The van der Waals surface area contributed by atoms with Gasteiger partial charge in [-0.3, -0.25) is 9.78 Å². The van der Waals surface area contributed by atoms with E-state index in [1.165, 1.54) is 0 Å². The quantitative estimate of drug-likeness (QED) is 0.862. The lowest BCUT2D eigenvalue weighted by Crippen LogP contribution is -2.31. The van der Waals surface area contributed by atoms with Gasteiger partial charge in [-0.1, -0.05) is 6.07 Å². The first-order valence-electron chi connectivity index (χ1n) is 6.78. The molecule has 0 bridgehead atoms. The number of pyridine rings is 1. The summed E-state index contributed by atoms with van der Waals surface area (Å²) < 4.78 is 0.748. The van der Waals surface area contributed by atoms with E-state index in [1.54, 1.807) is 23.1 Å². The highest BCUT2D eigenvalue weighted by Crippen LogP contribution is 2.22. The van der Waals surface area contributed by atoms with Crippen molar-refractivity contribution in [3.05, 3.63) is 57.8 Å². The highest BCUT2D eigenvalue weighted by molar-refractivity contribution is 9.10. The monoisotopic (exact) mass is 347 g/mol. The first-order valence-corrected chi connectivity index (χ1v) is 7.57. The van der Waals surface area contributed by atoms with Gasteiger partial charge < -0.3 is 10.6 Å². The van der Waals surface area contributed by atoms with Crippen molar-refractivity contribution in [1.82, 2.24) is 9.88 Å². The normalized spacial score (nSPS) is 10.4. The van der Waals surface area contributed by atoms with Crippen LogP contribution in [0.4, 0.5) is 5.69 Å². The fourth-order valence-electron chi connectivity index (χ4n) is 2.09. The fourth-order valence-corrected chi connectivity index (χ4v) is 2.50. The molecule has 21 heavy (non-hydrogen) atoms. The molecule has 4 nitrogen and oxygen atoms in total. The third kappa shape index (κ3) is 3.82. The molecule has 0 unspecified atom stereocenters. The van der Waals surface area contributed by atoms with Crippen molar-refractivity contribution >= 4 is 27.5 Å². The number of carbonyl (C=O) groups is 1. The Morgan fingerprint density at radius 1 is 1.33 bits per heavy atom. The number of nitrogens with two attached hydrogens (primary N) is 1. The van der Waals surface area contributed by atoms with Crippen molar-refractivity contribution in [2.75, 3.05) is 12.3 Å². The van der Waals surface area contributed by atoms with Crippen LogP contribution in [-0.4, -0.2) is 22.3 Å². The van der Waals surface area contributed by atoms with E-state index in [0.29, 0.717) is 24.3 Å². The zero-order valence-corrected chi connectivity index (χ0v) is 13.7. The van der Waals surface area contributed by atoms with Crippen LogP contribution >= 0.6 is 15.9 Å². The number of amides is 1. The standard InChI is InChI=1S/C16H18BrN3O/c1-3-20(10-13-6-4-5-11(2)19-13)16(21)14-9-12(18)7-8-15(14)17/h4-9H,3,10,18H2,1-2H3. The van der Waals surface area contributed by atoms with Crippen molar-refractivity contribution in [1.29, 1.82) is 0 Å². The van der Waals surface area contributed by atoms with Gasteiger partial charge in [0.15, 0.2) is 0 Å². The van der Waals surface area contributed by atoms with E-state index in [1.807, 2.05) is 32.0 Å². The maximum Gasteiger partial charge on any atom is 0.255 e. The van der Waals surface area contributed by atoms with Crippen molar-refractivity contribution in [2.45, 2.75) is 20.4 Å². The van der Waals surface area contributed by atoms with Crippen LogP contribution in [0.5, 0.6) is 0 Å². The van der Waals surface area contributed by atoms with Crippen molar-refractivity contribution in [3.8, 4) is 0 Å². The SMILES string of the molecule is CCN(Cc1cccc(C)n1)C(=O)c1cc(N)ccc1Br. The molecule has 0 saturated carbocycles. The maximum absolute atomic E-state index is 12.7. The van der Waals surface area contributed by atoms with Crippen LogP contribution in [0.15, 0.2) is 40.9 Å². The number of benzene rings is 1. The van der Waals surface area contributed by atoms with E-state index < -0.39 is 0 Å². The maximum atomic E-state index is 12.7. The topological polar surface area (TPSA) is 59.2 Å². The lowest BCUT2D eigenvalue weighted by molar-refractivity contribution is 0.0749. The molecule has 2 rings (SSSR count). The number of nitrogen functional groups attached to an aromatic ring is 1. The summed E-state index contributed by atoms with van der Waals surface area (Å²) in [6.45, 7) is 4.98. The molecule has 0 atom stereocenters. The predicted octanol–water partition coefficient (Wildman–Crippen LogP) is 3.40. The van der Waals surface area contributed by atoms with Gasteiger partial charge in [0.2, 0.25) is 0 Å². The molecule has 0 aliphatic carbocycles.